The number of nitrogens with one attached hydrogen (secondary N) is 1. The summed E-state index contributed by atoms with van der Waals surface area (Å²) in [4.78, 5) is 38.0. The number of amides is 2. The van der Waals surface area contributed by atoms with Crippen LogP contribution in [0.15, 0.2) is 47.4 Å². The predicted molar refractivity (Wildman–Crippen MR) is 120 cm³/mol. The van der Waals surface area contributed by atoms with Crippen molar-refractivity contribution in [2.75, 3.05) is 5.32 Å². The molecule has 10 heteroatoms. The maximum absolute atomic E-state index is 12.8. The average Bonchev–Trinajstić information content (AvgIpc) is 2.96. The SMILES string of the molecule is C[C@H](C(=O)Nc1ccc(C(=O)O)c(O)c1)N1C(=O)/C(=C/c2ccc(Cl)cc2)SC1=S. The van der Waals surface area contributed by atoms with Crippen LogP contribution in [0.4, 0.5) is 5.69 Å². The van der Waals surface area contributed by atoms with E-state index in [2.05, 4.69) is 5.32 Å². The molecule has 1 aliphatic heterocycles. The fourth-order valence-electron chi connectivity index (χ4n) is 2.68. The average molecular weight is 463 g/mol. The third kappa shape index (κ3) is 4.64. The normalized spacial score (nSPS) is 16.1. The number of rotatable bonds is 5. The van der Waals surface area contributed by atoms with Gasteiger partial charge in [0, 0.05) is 16.8 Å². The van der Waals surface area contributed by atoms with E-state index < -0.39 is 29.6 Å². The number of carboxylic acid groups (broad SMARTS) is 1. The molecular formula is C20H15ClN2O5S2. The Hall–Kier alpha value is -2.88. The Labute approximate surface area is 186 Å². The topological polar surface area (TPSA) is 107 Å². The molecule has 3 N–H and O–H groups in total. The number of anilines is 1. The summed E-state index contributed by atoms with van der Waals surface area (Å²) in [5, 5.41) is 21.8. The van der Waals surface area contributed by atoms with Crippen molar-refractivity contribution in [3.8, 4) is 5.75 Å². The lowest BCUT2D eigenvalue weighted by Gasteiger charge is -2.22. The number of phenols is 1. The van der Waals surface area contributed by atoms with Crippen LogP contribution in [0.5, 0.6) is 5.75 Å². The maximum Gasteiger partial charge on any atom is 0.339 e. The first-order chi connectivity index (χ1) is 14.2. The summed E-state index contributed by atoms with van der Waals surface area (Å²) in [6.45, 7) is 1.52. The summed E-state index contributed by atoms with van der Waals surface area (Å²) < 4.78 is 0.243. The van der Waals surface area contributed by atoms with Crippen molar-refractivity contribution < 1.29 is 24.6 Å². The lowest BCUT2D eigenvalue weighted by atomic mass is 10.1. The number of carbonyl (C=O) groups excluding carboxylic acids is 2. The number of nitrogens with zero attached hydrogens (tertiary/aromatic N) is 1. The van der Waals surface area contributed by atoms with Gasteiger partial charge in [0.2, 0.25) is 5.91 Å². The summed E-state index contributed by atoms with van der Waals surface area (Å²) >= 11 is 12.2. The summed E-state index contributed by atoms with van der Waals surface area (Å²) in [6.07, 6.45) is 1.67. The van der Waals surface area contributed by atoms with Crippen LogP contribution in [0.1, 0.15) is 22.8 Å². The van der Waals surface area contributed by atoms with Crippen molar-refractivity contribution in [2.24, 2.45) is 0 Å². The molecule has 0 radical (unpaired) electrons. The van der Waals surface area contributed by atoms with Crippen molar-refractivity contribution in [2.45, 2.75) is 13.0 Å². The number of aromatic hydroxyl groups is 1. The second-order valence-electron chi connectivity index (χ2n) is 6.31. The highest BCUT2D eigenvalue weighted by atomic mass is 35.5. The van der Waals surface area contributed by atoms with Gasteiger partial charge >= 0.3 is 5.97 Å². The minimum absolute atomic E-state index is 0.191. The minimum Gasteiger partial charge on any atom is -0.507 e. The van der Waals surface area contributed by atoms with Crippen LogP contribution in [0.3, 0.4) is 0 Å². The molecule has 1 heterocycles. The molecule has 30 heavy (non-hydrogen) atoms. The van der Waals surface area contributed by atoms with E-state index in [1.165, 1.54) is 24.0 Å². The van der Waals surface area contributed by atoms with Crippen LogP contribution in [0.2, 0.25) is 5.02 Å². The van der Waals surface area contributed by atoms with Crippen molar-refractivity contribution in [3.63, 3.8) is 0 Å². The van der Waals surface area contributed by atoms with Crippen molar-refractivity contribution in [1.29, 1.82) is 0 Å². The molecule has 1 aliphatic rings. The number of halogens is 1. The molecule has 2 aromatic rings. The molecule has 7 nitrogen and oxygen atoms in total. The quantitative estimate of drug-likeness (QED) is 0.455. The summed E-state index contributed by atoms with van der Waals surface area (Å²) in [7, 11) is 0. The Kier molecular flexibility index (Phi) is 6.45. The van der Waals surface area contributed by atoms with Gasteiger partial charge in [0.1, 0.15) is 21.7 Å². The number of thioether (sulfide) groups is 1. The van der Waals surface area contributed by atoms with Crippen LogP contribution in [-0.2, 0) is 9.59 Å². The number of aromatic carboxylic acids is 1. The second-order valence-corrected chi connectivity index (χ2v) is 8.42. The van der Waals surface area contributed by atoms with E-state index in [1.807, 2.05) is 0 Å². The number of carboxylic acids is 1. The van der Waals surface area contributed by atoms with E-state index in [1.54, 1.807) is 30.3 Å². The van der Waals surface area contributed by atoms with Gasteiger partial charge in [-0.1, -0.05) is 47.7 Å². The molecule has 0 saturated carbocycles. The van der Waals surface area contributed by atoms with Gasteiger partial charge in [0.25, 0.3) is 5.91 Å². The monoisotopic (exact) mass is 462 g/mol. The Morgan fingerprint density at radius 1 is 1.23 bits per heavy atom. The van der Waals surface area contributed by atoms with Gasteiger partial charge in [-0.3, -0.25) is 14.5 Å². The number of hydrogen-bond donors (Lipinski definition) is 3. The van der Waals surface area contributed by atoms with Crippen LogP contribution < -0.4 is 5.32 Å². The highest BCUT2D eigenvalue weighted by Gasteiger charge is 2.38. The lowest BCUT2D eigenvalue weighted by Crippen LogP contribution is -2.44. The standard InChI is InChI=1S/C20H15ClN2O5S2/c1-10(17(25)22-13-6-7-14(19(27)28)15(24)9-13)23-18(26)16(30-20(23)29)8-11-2-4-12(21)5-3-11/h2-10,24H,1H3,(H,22,25)(H,27,28)/b16-8-/t10-/m1/s1. The van der Waals surface area contributed by atoms with E-state index in [4.69, 9.17) is 28.9 Å². The van der Waals surface area contributed by atoms with Crippen molar-refractivity contribution in [1.82, 2.24) is 4.90 Å². The van der Waals surface area contributed by atoms with Gasteiger partial charge < -0.3 is 15.5 Å². The Balaban J connectivity index is 1.75. The van der Waals surface area contributed by atoms with Gasteiger partial charge in [-0.15, -0.1) is 0 Å². The van der Waals surface area contributed by atoms with E-state index in [-0.39, 0.29) is 15.6 Å². The molecule has 2 amide bonds. The molecular weight excluding hydrogens is 448 g/mol. The summed E-state index contributed by atoms with van der Waals surface area (Å²) in [5.41, 5.74) is 0.674. The first-order valence-electron chi connectivity index (χ1n) is 8.57. The summed E-state index contributed by atoms with van der Waals surface area (Å²) in [6, 6.07) is 9.65. The molecule has 0 bridgehead atoms. The van der Waals surface area contributed by atoms with Crippen LogP contribution in [-0.4, -0.2) is 43.3 Å². The van der Waals surface area contributed by atoms with Gasteiger partial charge in [-0.2, -0.15) is 0 Å². The van der Waals surface area contributed by atoms with Crippen LogP contribution in [0, 0.1) is 0 Å². The fourth-order valence-corrected chi connectivity index (χ4v) is 4.22. The number of carbonyl (C=O) groups is 3. The Morgan fingerprint density at radius 2 is 1.90 bits per heavy atom. The Bertz CT molecular complexity index is 1090. The van der Waals surface area contributed by atoms with Crippen LogP contribution in [0.25, 0.3) is 6.08 Å². The molecule has 3 rings (SSSR count). The first kappa shape index (κ1) is 21.8. The number of thiocarbonyl (C=S) groups is 1. The molecule has 0 aromatic heterocycles. The van der Waals surface area contributed by atoms with Crippen molar-refractivity contribution >= 4 is 69.4 Å². The zero-order valence-corrected chi connectivity index (χ0v) is 17.8. The largest absolute Gasteiger partial charge is 0.507 e. The fraction of sp³-hybridized carbons (Fsp3) is 0.100. The van der Waals surface area contributed by atoms with Crippen molar-refractivity contribution in [3.05, 3.63) is 63.5 Å². The first-order valence-corrected chi connectivity index (χ1v) is 10.2. The molecule has 154 valence electrons. The highest BCUT2D eigenvalue weighted by Crippen LogP contribution is 2.34. The van der Waals surface area contributed by atoms with Gasteiger partial charge in [-0.25, -0.2) is 4.79 Å². The maximum atomic E-state index is 12.8. The Morgan fingerprint density at radius 3 is 2.50 bits per heavy atom. The lowest BCUT2D eigenvalue weighted by molar-refractivity contribution is -0.129. The third-order valence-corrected chi connectivity index (χ3v) is 5.84. The number of benzene rings is 2. The second kappa shape index (κ2) is 8.86. The molecule has 2 aromatic carbocycles. The van der Waals surface area contributed by atoms with E-state index in [0.717, 1.165) is 23.4 Å². The highest BCUT2D eigenvalue weighted by molar-refractivity contribution is 8.26. The molecule has 0 unspecified atom stereocenters. The number of hydrogen-bond acceptors (Lipinski definition) is 6. The third-order valence-electron chi connectivity index (χ3n) is 4.25. The summed E-state index contributed by atoms with van der Waals surface area (Å²) in [5.74, 6) is -2.71. The molecule has 1 saturated heterocycles. The molecule has 0 spiro atoms. The van der Waals surface area contributed by atoms with Gasteiger partial charge in [0.05, 0.1) is 4.91 Å². The van der Waals surface area contributed by atoms with E-state index >= 15 is 0 Å². The minimum atomic E-state index is -1.29. The molecule has 1 atom stereocenters. The van der Waals surface area contributed by atoms with Gasteiger partial charge in [0.15, 0.2) is 0 Å². The van der Waals surface area contributed by atoms with E-state index in [0.29, 0.717) is 9.93 Å². The van der Waals surface area contributed by atoms with E-state index in [9.17, 15) is 19.5 Å². The molecule has 1 fully saturated rings. The van der Waals surface area contributed by atoms with Gasteiger partial charge in [-0.05, 0) is 42.8 Å². The predicted octanol–water partition coefficient (Wildman–Crippen LogP) is 3.97. The zero-order chi connectivity index (χ0) is 22.0. The smallest absolute Gasteiger partial charge is 0.339 e. The van der Waals surface area contributed by atoms with Crippen LogP contribution >= 0.6 is 35.6 Å². The zero-order valence-electron chi connectivity index (χ0n) is 15.5. The molecule has 0 aliphatic carbocycles.